The lowest BCUT2D eigenvalue weighted by atomic mass is 10.1. The molecule has 0 bridgehead atoms. The van der Waals surface area contributed by atoms with Crippen molar-refractivity contribution in [2.24, 2.45) is 0 Å². The van der Waals surface area contributed by atoms with Gasteiger partial charge in [0.15, 0.2) is 0 Å². The average molecular weight is 366 g/mol. The van der Waals surface area contributed by atoms with E-state index in [0.717, 1.165) is 47.4 Å². The van der Waals surface area contributed by atoms with Crippen molar-refractivity contribution >= 4 is 16.5 Å². The number of hydrogen-bond acceptors (Lipinski definition) is 5. The molecule has 1 fully saturated rings. The fraction of sp³-hybridized carbons (Fsp3) is 0.333. The highest BCUT2D eigenvalue weighted by Gasteiger charge is 2.23. The second kappa shape index (κ2) is 7.46. The van der Waals surface area contributed by atoms with Crippen LogP contribution >= 0.6 is 11.3 Å². The van der Waals surface area contributed by atoms with Crippen LogP contribution in [0.4, 0.5) is 5.13 Å². The zero-order valence-electron chi connectivity index (χ0n) is 15.2. The van der Waals surface area contributed by atoms with Crippen molar-refractivity contribution < 1.29 is 4.74 Å². The van der Waals surface area contributed by atoms with Crippen LogP contribution in [0.5, 0.6) is 5.75 Å². The lowest BCUT2D eigenvalue weighted by Crippen LogP contribution is -2.38. The zero-order chi connectivity index (χ0) is 17.9. The number of rotatable bonds is 4. The van der Waals surface area contributed by atoms with Crippen molar-refractivity contribution in [2.45, 2.75) is 32.8 Å². The molecule has 1 aromatic heterocycles. The summed E-state index contributed by atoms with van der Waals surface area (Å²) in [6.07, 6.45) is 2.29. The predicted octanol–water partition coefficient (Wildman–Crippen LogP) is 4.87. The van der Waals surface area contributed by atoms with Crippen molar-refractivity contribution in [3.8, 4) is 16.3 Å². The molecule has 0 spiro atoms. The van der Waals surface area contributed by atoms with E-state index in [1.807, 2.05) is 18.2 Å². The molecular weight excluding hydrogens is 342 g/mol. The van der Waals surface area contributed by atoms with Gasteiger partial charge < -0.3 is 9.64 Å². The molecule has 1 saturated heterocycles. The maximum atomic E-state index is 6.19. The van der Waals surface area contributed by atoms with Gasteiger partial charge >= 0.3 is 0 Å². The van der Waals surface area contributed by atoms with Crippen LogP contribution in [-0.2, 0) is 0 Å². The Bertz CT molecular complexity index is 870. The smallest absolute Gasteiger partial charge is 0.208 e. The Balaban J connectivity index is 1.36. The number of benzene rings is 2. The van der Waals surface area contributed by atoms with Gasteiger partial charge in [0.1, 0.15) is 16.9 Å². The third-order valence-electron chi connectivity index (χ3n) is 4.93. The van der Waals surface area contributed by atoms with E-state index in [9.17, 15) is 0 Å². The SMILES string of the molecule is Cc1ccc(OC2CCN(c3nnc(-c4ccccc4)s3)CC2)cc1C. The van der Waals surface area contributed by atoms with Crippen LogP contribution in [0.2, 0.25) is 0 Å². The Morgan fingerprint density at radius 1 is 0.962 bits per heavy atom. The van der Waals surface area contributed by atoms with Gasteiger partial charge in [-0.2, -0.15) is 0 Å². The Labute approximate surface area is 158 Å². The van der Waals surface area contributed by atoms with E-state index >= 15 is 0 Å². The van der Waals surface area contributed by atoms with Crippen molar-refractivity contribution in [2.75, 3.05) is 18.0 Å². The standard InChI is InChI=1S/C21H23N3OS/c1-15-8-9-19(14-16(15)2)25-18-10-12-24(13-11-18)21-23-22-20(26-21)17-6-4-3-5-7-17/h3-9,14,18H,10-13H2,1-2H3. The molecule has 0 atom stereocenters. The number of ether oxygens (including phenoxy) is 1. The highest BCUT2D eigenvalue weighted by molar-refractivity contribution is 7.18. The molecule has 0 saturated carbocycles. The molecule has 0 aliphatic carbocycles. The summed E-state index contributed by atoms with van der Waals surface area (Å²) in [5, 5.41) is 10.8. The van der Waals surface area contributed by atoms with Gasteiger partial charge in [0.05, 0.1) is 0 Å². The molecule has 0 amide bonds. The molecule has 134 valence electrons. The molecule has 4 nitrogen and oxygen atoms in total. The van der Waals surface area contributed by atoms with E-state index in [4.69, 9.17) is 4.74 Å². The third-order valence-corrected chi connectivity index (χ3v) is 5.96. The van der Waals surface area contributed by atoms with E-state index < -0.39 is 0 Å². The van der Waals surface area contributed by atoms with Crippen LogP contribution in [0.25, 0.3) is 10.6 Å². The van der Waals surface area contributed by atoms with Crippen molar-refractivity contribution in [3.05, 3.63) is 59.7 Å². The minimum absolute atomic E-state index is 0.273. The van der Waals surface area contributed by atoms with Crippen LogP contribution in [0.1, 0.15) is 24.0 Å². The van der Waals surface area contributed by atoms with E-state index in [1.165, 1.54) is 11.1 Å². The van der Waals surface area contributed by atoms with Gasteiger partial charge in [0, 0.05) is 31.5 Å². The first-order valence-electron chi connectivity index (χ1n) is 9.07. The van der Waals surface area contributed by atoms with Gasteiger partial charge in [-0.15, -0.1) is 10.2 Å². The van der Waals surface area contributed by atoms with Crippen LogP contribution in [0, 0.1) is 13.8 Å². The number of nitrogens with zero attached hydrogens (tertiary/aromatic N) is 3. The lowest BCUT2D eigenvalue weighted by Gasteiger charge is -2.31. The summed E-state index contributed by atoms with van der Waals surface area (Å²) in [5.74, 6) is 0.980. The summed E-state index contributed by atoms with van der Waals surface area (Å²) in [7, 11) is 0. The molecule has 0 unspecified atom stereocenters. The zero-order valence-corrected chi connectivity index (χ0v) is 16.0. The Morgan fingerprint density at radius 3 is 2.46 bits per heavy atom. The molecule has 5 heteroatoms. The molecule has 4 rings (SSSR count). The molecule has 1 aliphatic heterocycles. The highest BCUT2D eigenvalue weighted by Crippen LogP contribution is 2.30. The maximum Gasteiger partial charge on any atom is 0.208 e. The summed E-state index contributed by atoms with van der Waals surface area (Å²) >= 11 is 1.66. The average Bonchev–Trinajstić information content (AvgIpc) is 3.16. The fourth-order valence-electron chi connectivity index (χ4n) is 3.19. The van der Waals surface area contributed by atoms with Crippen LogP contribution in [0.3, 0.4) is 0 Å². The molecule has 1 aliphatic rings. The largest absolute Gasteiger partial charge is 0.490 e. The van der Waals surface area contributed by atoms with E-state index in [0.29, 0.717) is 0 Å². The minimum atomic E-state index is 0.273. The number of piperidine rings is 1. The quantitative estimate of drug-likeness (QED) is 0.661. The van der Waals surface area contributed by atoms with Crippen LogP contribution in [-0.4, -0.2) is 29.4 Å². The maximum absolute atomic E-state index is 6.19. The number of anilines is 1. The summed E-state index contributed by atoms with van der Waals surface area (Å²) < 4.78 is 6.19. The first-order valence-corrected chi connectivity index (χ1v) is 9.88. The second-order valence-corrected chi connectivity index (χ2v) is 7.76. The molecule has 0 N–H and O–H groups in total. The van der Waals surface area contributed by atoms with E-state index in [2.05, 4.69) is 59.3 Å². The van der Waals surface area contributed by atoms with Gasteiger partial charge in [-0.05, 0) is 37.1 Å². The van der Waals surface area contributed by atoms with Gasteiger partial charge in [0.2, 0.25) is 5.13 Å². The van der Waals surface area contributed by atoms with Crippen LogP contribution in [0.15, 0.2) is 48.5 Å². The van der Waals surface area contributed by atoms with Gasteiger partial charge in [-0.1, -0.05) is 47.7 Å². The third kappa shape index (κ3) is 3.73. The molecule has 3 aromatic rings. The van der Waals surface area contributed by atoms with E-state index in [-0.39, 0.29) is 6.10 Å². The topological polar surface area (TPSA) is 38.2 Å². The van der Waals surface area contributed by atoms with Crippen molar-refractivity contribution in [1.82, 2.24) is 10.2 Å². The normalized spacial score (nSPS) is 15.2. The van der Waals surface area contributed by atoms with E-state index in [1.54, 1.807) is 11.3 Å². The van der Waals surface area contributed by atoms with Crippen molar-refractivity contribution in [1.29, 1.82) is 0 Å². The minimum Gasteiger partial charge on any atom is -0.490 e. The second-order valence-electron chi connectivity index (χ2n) is 6.81. The molecule has 0 radical (unpaired) electrons. The predicted molar refractivity (Wildman–Crippen MR) is 107 cm³/mol. The van der Waals surface area contributed by atoms with Gasteiger partial charge in [-0.25, -0.2) is 0 Å². The lowest BCUT2D eigenvalue weighted by molar-refractivity contribution is 0.171. The van der Waals surface area contributed by atoms with Gasteiger partial charge in [0.25, 0.3) is 0 Å². The summed E-state index contributed by atoms with van der Waals surface area (Å²) in [4.78, 5) is 2.32. The molecule has 2 heterocycles. The highest BCUT2D eigenvalue weighted by atomic mass is 32.1. The summed E-state index contributed by atoms with van der Waals surface area (Å²) in [5.41, 5.74) is 3.71. The monoisotopic (exact) mass is 365 g/mol. The summed E-state index contributed by atoms with van der Waals surface area (Å²) in [6.45, 7) is 6.17. The van der Waals surface area contributed by atoms with Crippen molar-refractivity contribution in [3.63, 3.8) is 0 Å². The molecular formula is C21H23N3OS. The molecule has 26 heavy (non-hydrogen) atoms. The number of aromatic nitrogens is 2. The summed E-state index contributed by atoms with van der Waals surface area (Å²) in [6, 6.07) is 16.6. The number of aryl methyl sites for hydroxylation is 2. The number of hydrogen-bond donors (Lipinski definition) is 0. The molecule has 2 aromatic carbocycles. The fourth-order valence-corrected chi connectivity index (χ4v) is 4.09. The first kappa shape index (κ1) is 17.0. The Morgan fingerprint density at radius 2 is 1.73 bits per heavy atom. The first-order chi connectivity index (χ1) is 12.7. The van der Waals surface area contributed by atoms with Gasteiger partial charge in [-0.3, -0.25) is 0 Å². The van der Waals surface area contributed by atoms with Crippen LogP contribution < -0.4 is 9.64 Å². The Hall–Kier alpha value is -2.40. The Kier molecular flexibility index (Phi) is 4.89.